The topological polar surface area (TPSA) is 46.1 Å². The van der Waals surface area contributed by atoms with Gasteiger partial charge in [0, 0.05) is 32.4 Å². The van der Waals surface area contributed by atoms with Crippen LogP contribution in [-0.4, -0.2) is 33.9 Å². The van der Waals surface area contributed by atoms with E-state index >= 15 is 0 Å². The van der Waals surface area contributed by atoms with Crippen LogP contribution in [0.3, 0.4) is 0 Å². The van der Waals surface area contributed by atoms with E-state index < -0.39 is 0 Å². The van der Waals surface area contributed by atoms with Gasteiger partial charge in [-0.2, -0.15) is 0 Å². The van der Waals surface area contributed by atoms with Gasteiger partial charge in [-0.05, 0) is 25.2 Å². The monoisotopic (exact) mass is 253 g/mol. The minimum Gasteiger partial charge on any atom is -0.343 e. The Balaban J connectivity index is 1.99. The molecule has 0 N–H and O–H groups in total. The zero-order chi connectivity index (χ0) is 12.3. The summed E-state index contributed by atoms with van der Waals surface area (Å²) in [7, 11) is 0. The van der Waals surface area contributed by atoms with Crippen molar-refractivity contribution in [3.05, 3.63) is 23.2 Å². The number of amides is 1. The third kappa shape index (κ3) is 3.16. The van der Waals surface area contributed by atoms with E-state index in [9.17, 15) is 4.79 Å². The zero-order valence-electron chi connectivity index (χ0n) is 9.90. The van der Waals surface area contributed by atoms with Crippen molar-refractivity contribution in [2.24, 2.45) is 5.92 Å². The molecule has 5 heteroatoms. The molecule has 1 saturated heterocycles. The summed E-state index contributed by atoms with van der Waals surface area (Å²) in [4.78, 5) is 21.5. The molecule has 1 aliphatic heterocycles. The highest BCUT2D eigenvalue weighted by Gasteiger charge is 2.22. The molecule has 92 valence electrons. The maximum atomic E-state index is 11.3. The summed E-state index contributed by atoms with van der Waals surface area (Å²) in [6.07, 6.45) is 6.23. The molecular formula is C12H16ClN3O. The number of carbonyl (C=O) groups excluding carboxylic acids is 1. The van der Waals surface area contributed by atoms with Gasteiger partial charge in [0.15, 0.2) is 0 Å². The SMILES string of the molecule is CC(=O)N1CCCC(Cc2nccnc2Cl)C1. The summed E-state index contributed by atoms with van der Waals surface area (Å²) >= 11 is 5.99. The Bertz CT molecular complexity index is 410. The second-order valence-electron chi connectivity index (χ2n) is 4.47. The van der Waals surface area contributed by atoms with Crippen molar-refractivity contribution >= 4 is 17.5 Å². The second-order valence-corrected chi connectivity index (χ2v) is 4.83. The third-order valence-electron chi connectivity index (χ3n) is 3.17. The second kappa shape index (κ2) is 5.45. The van der Waals surface area contributed by atoms with E-state index in [1.807, 2.05) is 4.90 Å². The van der Waals surface area contributed by atoms with Crippen LogP contribution in [0.5, 0.6) is 0 Å². The molecule has 1 amide bonds. The maximum Gasteiger partial charge on any atom is 0.219 e. The smallest absolute Gasteiger partial charge is 0.219 e. The molecule has 1 atom stereocenters. The fourth-order valence-corrected chi connectivity index (χ4v) is 2.46. The number of piperidine rings is 1. The first kappa shape index (κ1) is 12.3. The summed E-state index contributed by atoms with van der Waals surface area (Å²) < 4.78 is 0. The first-order chi connectivity index (χ1) is 8.16. The summed E-state index contributed by atoms with van der Waals surface area (Å²) in [5.41, 5.74) is 0.838. The fourth-order valence-electron chi connectivity index (χ4n) is 2.28. The standard InChI is InChI=1S/C12H16ClN3O/c1-9(17)16-6-2-3-10(8-16)7-11-12(13)15-5-4-14-11/h4-5,10H,2-3,6-8H2,1H3. The van der Waals surface area contributed by atoms with Crippen LogP contribution in [-0.2, 0) is 11.2 Å². The van der Waals surface area contributed by atoms with E-state index in [4.69, 9.17) is 11.6 Å². The quantitative estimate of drug-likeness (QED) is 0.809. The number of rotatable bonds is 2. The molecule has 0 aromatic carbocycles. The lowest BCUT2D eigenvalue weighted by atomic mass is 9.93. The Morgan fingerprint density at radius 1 is 1.53 bits per heavy atom. The van der Waals surface area contributed by atoms with Crippen LogP contribution in [0.25, 0.3) is 0 Å². The van der Waals surface area contributed by atoms with Gasteiger partial charge in [0.25, 0.3) is 0 Å². The van der Waals surface area contributed by atoms with Gasteiger partial charge >= 0.3 is 0 Å². The average molecular weight is 254 g/mol. The average Bonchev–Trinajstić information content (AvgIpc) is 2.32. The zero-order valence-corrected chi connectivity index (χ0v) is 10.7. The first-order valence-corrected chi connectivity index (χ1v) is 6.25. The molecule has 1 fully saturated rings. The Labute approximate surface area is 106 Å². The molecule has 1 aromatic heterocycles. The number of hydrogen-bond acceptors (Lipinski definition) is 3. The van der Waals surface area contributed by atoms with E-state index in [2.05, 4.69) is 9.97 Å². The Hall–Kier alpha value is -1.16. The van der Waals surface area contributed by atoms with Gasteiger partial charge in [0.05, 0.1) is 5.69 Å². The van der Waals surface area contributed by atoms with Crippen LogP contribution < -0.4 is 0 Å². The van der Waals surface area contributed by atoms with Crippen LogP contribution in [0.1, 0.15) is 25.5 Å². The Kier molecular flexibility index (Phi) is 3.94. The van der Waals surface area contributed by atoms with Gasteiger partial charge < -0.3 is 4.90 Å². The molecule has 2 heterocycles. The van der Waals surface area contributed by atoms with Crippen molar-refractivity contribution < 1.29 is 4.79 Å². The minimum atomic E-state index is 0.153. The highest BCUT2D eigenvalue weighted by atomic mass is 35.5. The normalized spacial score (nSPS) is 20.4. The van der Waals surface area contributed by atoms with Crippen LogP contribution in [0.2, 0.25) is 5.15 Å². The molecule has 1 aliphatic rings. The third-order valence-corrected chi connectivity index (χ3v) is 3.49. The highest BCUT2D eigenvalue weighted by Crippen LogP contribution is 2.22. The van der Waals surface area contributed by atoms with Gasteiger partial charge in [-0.25, -0.2) is 4.98 Å². The van der Waals surface area contributed by atoms with Crippen molar-refractivity contribution in [1.29, 1.82) is 0 Å². The molecule has 2 rings (SSSR count). The molecule has 17 heavy (non-hydrogen) atoms. The first-order valence-electron chi connectivity index (χ1n) is 5.87. The van der Waals surface area contributed by atoms with Gasteiger partial charge in [-0.3, -0.25) is 9.78 Å². The van der Waals surface area contributed by atoms with Crippen molar-refractivity contribution in [2.45, 2.75) is 26.2 Å². The summed E-state index contributed by atoms with van der Waals surface area (Å²) in [5.74, 6) is 0.599. The molecule has 0 spiro atoms. The van der Waals surface area contributed by atoms with E-state index in [0.29, 0.717) is 11.1 Å². The van der Waals surface area contributed by atoms with E-state index in [1.165, 1.54) is 0 Å². The van der Waals surface area contributed by atoms with E-state index in [-0.39, 0.29) is 5.91 Å². The molecule has 0 radical (unpaired) electrons. The minimum absolute atomic E-state index is 0.153. The number of carbonyl (C=O) groups is 1. The van der Waals surface area contributed by atoms with Crippen molar-refractivity contribution in [3.63, 3.8) is 0 Å². The van der Waals surface area contributed by atoms with Crippen molar-refractivity contribution in [2.75, 3.05) is 13.1 Å². The number of halogens is 1. The molecule has 1 aromatic rings. The predicted molar refractivity (Wildman–Crippen MR) is 65.7 cm³/mol. The molecule has 0 aliphatic carbocycles. The number of aromatic nitrogens is 2. The highest BCUT2D eigenvalue weighted by molar-refractivity contribution is 6.29. The van der Waals surface area contributed by atoms with Gasteiger partial charge in [0.1, 0.15) is 5.15 Å². The number of nitrogens with zero attached hydrogens (tertiary/aromatic N) is 3. The molecular weight excluding hydrogens is 238 g/mol. The summed E-state index contributed by atoms with van der Waals surface area (Å²) in [6, 6.07) is 0. The predicted octanol–water partition coefficient (Wildman–Crippen LogP) is 1.93. The summed E-state index contributed by atoms with van der Waals surface area (Å²) in [6.45, 7) is 3.31. The van der Waals surface area contributed by atoms with Gasteiger partial charge in [-0.15, -0.1) is 0 Å². The lowest BCUT2D eigenvalue weighted by molar-refractivity contribution is -0.130. The molecule has 0 bridgehead atoms. The largest absolute Gasteiger partial charge is 0.343 e. The number of hydrogen-bond donors (Lipinski definition) is 0. The van der Waals surface area contributed by atoms with Gasteiger partial charge in [0.2, 0.25) is 5.91 Å². The summed E-state index contributed by atoms with van der Waals surface area (Å²) in [5, 5.41) is 0.479. The molecule has 0 saturated carbocycles. The van der Waals surface area contributed by atoms with Crippen LogP contribution >= 0.6 is 11.6 Å². The fraction of sp³-hybridized carbons (Fsp3) is 0.583. The maximum absolute atomic E-state index is 11.3. The van der Waals surface area contributed by atoms with Crippen LogP contribution in [0, 0.1) is 5.92 Å². The lowest BCUT2D eigenvalue weighted by Crippen LogP contribution is -2.39. The van der Waals surface area contributed by atoms with Crippen molar-refractivity contribution in [3.8, 4) is 0 Å². The lowest BCUT2D eigenvalue weighted by Gasteiger charge is -2.31. The van der Waals surface area contributed by atoms with Crippen molar-refractivity contribution in [1.82, 2.24) is 14.9 Å². The van der Waals surface area contributed by atoms with Crippen LogP contribution in [0.4, 0.5) is 0 Å². The van der Waals surface area contributed by atoms with Crippen LogP contribution in [0.15, 0.2) is 12.4 Å². The van der Waals surface area contributed by atoms with E-state index in [1.54, 1.807) is 19.3 Å². The van der Waals surface area contributed by atoms with E-state index in [0.717, 1.165) is 38.0 Å². The van der Waals surface area contributed by atoms with Gasteiger partial charge in [-0.1, -0.05) is 11.6 Å². The Morgan fingerprint density at radius 3 is 3.00 bits per heavy atom. The Morgan fingerprint density at radius 2 is 2.29 bits per heavy atom. The molecule has 1 unspecified atom stereocenters. The molecule has 4 nitrogen and oxygen atoms in total. The number of likely N-dealkylation sites (tertiary alicyclic amines) is 1.